The van der Waals surface area contributed by atoms with E-state index in [4.69, 9.17) is 9.15 Å². The maximum atomic E-state index is 11.1. The highest BCUT2D eigenvalue weighted by atomic mass is 79.9. The van der Waals surface area contributed by atoms with Crippen LogP contribution in [-0.2, 0) is 11.3 Å². The van der Waals surface area contributed by atoms with E-state index in [1.807, 2.05) is 5.38 Å². The van der Waals surface area contributed by atoms with Gasteiger partial charge in [0.15, 0.2) is 0 Å². The number of methoxy groups -OCH3 is 1. The van der Waals surface area contributed by atoms with E-state index in [9.17, 15) is 4.79 Å². The molecule has 5 nitrogen and oxygen atoms in total. The van der Waals surface area contributed by atoms with E-state index < -0.39 is 5.97 Å². The molecule has 0 aliphatic carbocycles. The Bertz CT molecular complexity index is 522. The number of hydrogen-bond donors (Lipinski definition) is 0. The second-order valence-electron chi connectivity index (χ2n) is 3.01. The standard InChI is InChI=1S/C10H8BrNO4S/c1-14-10(13)8-3-2-6(16-8)4-15-9-7(11)5-17-12-9/h2-3,5H,4H2,1H3. The number of carbonyl (C=O) groups excluding carboxylic acids is 1. The van der Waals surface area contributed by atoms with Crippen LogP contribution < -0.4 is 4.74 Å². The molecule has 0 aliphatic heterocycles. The van der Waals surface area contributed by atoms with Crippen molar-refractivity contribution in [3.63, 3.8) is 0 Å². The molecule has 2 heterocycles. The van der Waals surface area contributed by atoms with E-state index in [2.05, 4.69) is 25.0 Å². The lowest BCUT2D eigenvalue weighted by molar-refractivity contribution is 0.0561. The smallest absolute Gasteiger partial charge is 0.373 e. The van der Waals surface area contributed by atoms with Gasteiger partial charge in [-0.15, -0.1) is 0 Å². The fourth-order valence-electron chi connectivity index (χ4n) is 1.12. The lowest BCUT2D eigenvalue weighted by Crippen LogP contribution is -1.99. The third-order valence-corrected chi connectivity index (χ3v) is 3.38. The van der Waals surface area contributed by atoms with Crippen LogP contribution >= 0.6 is 27.5 Å². The predicted octanol–water partition coefficient (Wildman–Crippen LogP) is 2.86. The molecule has 0 amide bonds. The van der Waals surface area contributed by atoms with Gasteiger partial charge in [-0.1, -0.05) is 0 Å². The number of nitrogens with zero attached hydrogens (tertiary/aromatic N) is 1. The second kappa shape index (κ2) is 5.33. The number of esters is 1. The van der Waals surface area contributed by atoms with Crippen LogP contribution in [0.4, 0.5) is 0 Å². The van der Waals surface area contributed by atoms with Gasteiger partial charge in [-0.2, -0.15) is 4.37 Å². The third kappa shape index (κ3) is 2.86. The Labute approximate surface area is 110 Å². The van der Waals surface area contributed by atoms with Crippen LogP contribution in [-0.4, -0.2) is 17.5 Å². The van der Waals surface area contributed by atoms with Crippen LogP contribution in [0.2, 0.25) is 0 Å². The normalized spacial score (nSPS) is 10.2. The quantitative estimate of drug-likeness (QED) is 0.811. The molecule has 2 aromatic rings. The Morgan fingerprint density at radius 2 is 2.41 bits per heavy atom. The molecular weight excluding hydrogens is 310 g/mol. The predicted molar refractivity (Wildman–Crippen MR) is 64.2 cm³/mol. The number of furan rings is 1. The van der Waals surface area contributed by atoms with Crippen molar-refractivity contribution in [1.29, 1.82) is 0 Å². The first-order valence-corrected chi connectivity index (χ1v) is 6.23. The highest BCUT2D eigenvalue weighted by molar-refractivity contribution is 9.10. The molecule has 0 spiro atoms. The van der Waals surface area contributed by atoms with Gasteiger partial charge < -0.3 is 13.9 Å². The monoisotopic (exact) mass is 317 g/mol. The number of carbonyl (C=O) groups is 1. The zero-order valence-electron chi connectivity index (χ0n) is 8.81. The Morgan fingerprint density at radius 1 is 1.59 bits per heavy atom. The van der Waals surface area contributed by atoms with E-state index in [1.165, 1.54) is 18.6 Å². The molecule has 0 fully saturated rings. The number of rotatable bonds is 4. The summed E-state index contributed by atoms with van der Waals surface area (Å²) in [5.41, 5.74) is 0. The van der Waals surface area contributed by atoms with Gasteiger partial charge in [0.2, 0.25) is 11.6 Å². The largest absolute Gasteiger partial charge is 0.468 e. The average Bonchev–Trinajstić information content (AvgIpc) is 2.94. The molecule has 17 heavy (non-hydrogen) atoms. The van der Waals surface area contributed by atoms with Crippen LogP contribution in [0, 0.1) is 0 Å². The van der Waals surface area contributed by atoms with Crippen LogP contribution in [0.3, 0.4) is 0 Å². The molecule has 2 rings (SSSR count). The number of hydrogen-bond acceptors (Lipinski definition) is 6. The van der Waals surface area contributed by atoms with Gasteiger partial charge in [0.25, 0.3) is 0 Å². The molecule has 0 N–H and O–H groups in total. The van der Waals surface area contributed by atoms with Crippen molar-refractivity contribution in [2.75, 3.05) is 7.11 Å². The zero-order valence-corrected chi connectivity index (χ0v) is 11.2. The minimum atomic E-state index is -0.508. The molecule has 2 aromatic heterocycles. The summed E-state index contributed by atoms with van der Waals surface area (Å²) in [7, 11) is 1.30. The lowest BCUT2D eigenvalue weighted by Gasteiger charge is -2.00. The summed E-state index contributed by atoms with van der Waals surface area (Å²) in [6.07, 6.45) is 0. The Kier molecular flexibility index (Phi) is 3.80. The van der Waals surface area contributed by atoms with Crippen LogP contribution in [0.1, 0.15) is 16.3 Å². The van der Waals surface area contributed by atoms with Gasteiger partial charge in [0, 0.05) is 5.38 Å². The number of ether oxygens (including phenoxy) is 2. The molecule has 0 aromatic carbocycles. The van der Waals surface area contributed by atoms with Gasteiger partial charge >= 0.3 is 5.97 Å². The average molecular weight is 318 g/mol. The number of halogens is 1. The molecule has 90 valence electrons. The Hall–Kier alpha value is -1.34. The first-order chi connectivity index (χ1) is 8.20. The first-order valence-electron chi connectivity index (χ1n) is 4.60. The van der Waals surface area contributed by atoms with Gasteiger partial charge in [0.05, 0.1) is 11.6 Å². The van der Waals surface area contributed by atoms with Crippen LogP contribution in [0.15, 0.2) is 26.4 Å². The van der Waals surface area contributed by atoms with Crippen molar-refractivity contribution in [1.82, 2.24) is 4.37 Å². The summed E-state index contributed by atoms with van der Waals surface area (Å²) in [6, 6.07) is 3.20. The van der Waals surface area contributed by atoms with Crippen molar-refractivity contribution >= 4 is 33.4 Å². The summed E-state index contributed by atoms with van der Waals surface area (Å²) in [5.74, 6) is 0.686. The van der Waals surface area contributed by atoms with E-state index in [0.29, 0.717) is 11.6 Å². The van der Waals surface area contributed by atoms with Crippen molar-refractivity contribution in [2.45, 2.75) is 6.61 Å². The molecular formula is C10H8BrNO4S. The van der Waals surface area contributed by atoms with Crippen LogP contribution in [0.25, 0.3) is 0 Å². The highest BCUT2D eigenvalue weighted by Gasteiger charge is 2.12. The summed E-state index contributed by atoms with van der Waals surface area (Å²) in [4.78, 5) is 11.1. The van der Waals surface area contributed by atoms with Crippen molar-refractivity contribution < 1.29 is 18.7 Å². The fraction of sp³-hybridized carbons (Fsp3) is 0.200. The highest BCUT2D eigenvalue weighted by Crippen LogP contribution is 2.25. The van der Waals surface area contributed by atoms with E-state index in [0.717, 1.165) is 4.47 Å². The van der Waals surface area contributed by atoms with Gasteiger partial charge in [0.1, 0.15) is 12.4 Å². The molecule has 0 saturated heterocycles. The van der Waals surface area contributed by atoms with Gasteiger partial charge in [-0.3, -0.25) is 0 Å². The second-order valence-corrected chi connectivity index (χ2v) is 4.50. The summed E-state index contributed by atoms with van der Waals surface area (Å²) in [6.45, 7) is 0.208. The van der Waals surface area contributed by atoms with E-state index >= 15 is 0 Å². The van der Waals surface area contributed by atoms with Crippen LogP contribution in [0.5, 0.6) is 5.88 Å². The third-order valence-electron chi connectivity index (χ3n) is 1.90. The summed E-state index contributed by atoms with van der Waals surface area (Å²) < 4.78 is 20.0. The Morgan fingerprint density at radius 3 is 3.06 bits per heavy atom. The van der Waals surface area contributed by atoms with E-state index in [1.54, 1.807) is 12.1 Å². The number of aromatic nitrogens is 1. The minimum Gasteiger partial charge on any atom is -0.468 e. The Balaban J connectivity index is 1.98. The molecule has 0 radical (unpaired) electrons. The topological polar surface area (TPSA) is 61.6 Å². The summed E-state index contributed by atoms with van der Waals surface area (Å²) >= 11 is 4.59. The SMILES string of the molecule is COC(=O)c1ccc(COc2nscc2Br)o1. The molecule has 7 heteroatoms. The molecule has 0 atom stereocenters. The van der Waals surface area contributed by atoms with E-state index in [-0.39, 0.29) is 12.4 Å². The molecule has 0 bridgehead atoms. The fourth-order valence-corrected chi connectivity index (χ4v) is 2.18. The maximum absolute atomic E-state index is 11.1. The lowest BCUT2D eigenvalue weighted by atomic mass is 10.4. The maximum Gasteiger partial charge on any atom is 0.373 e. The van der Waals surface area contributed by atoms with Crippen molar-refractivity contribution in [2.24, 2.45) is 0 Å². The molecule has 0 aliphatic rings. The minimum absolute atomic E-state index is 0.156. The molecule has 0 saturated carbocycles. The first kappa shape index (κ1) is 12.1. The van der Waals surface area contributed by atoms with Gasteiger partial charge in [-0.25, -0.2) is 4.79 Å². The summed E-state index contributed by atoms with van der Waals surface area (Å²) in [5, 5.41) is 1.82. The van der Waals surface area contributed by atoms with Crippen molar-refractivity contribution in [3.05, 3.63) is 33.5 Å². The zero-order chi connectivity index (χ0) is 12.3. The molecule has 0 unspecified atom stereocenters. The van der Waals surface area contributed by atoms with Crippen molar-refractivity contribution in [3.8, 4) is 5.88 Å². The van der Waals surface area contributed by atoms with Gasteiger partial charge in [-0.05, 0) is 39.6 Å².